The van der Waals surface area contributed by atoms with E-state index in [1.165, 1.54) is 12.1 Å². The average Bonchev–Trinajstić information content (AvgIpc) is 2.40. The lowest BCUT2D eigenvalue weighted by Crippen LogP contribution is -2.26. The van der Waals surface area contributed by atoms with Crippen LogP contribution in [-0.4, -0.2) is 11.0 Å². The third-order valence-electron chi connectivity index (χ3n) is 2.78. The second-order valence-corrected chi connectivity index (χ2v) is 4.15. The van der Waals surface area contributed by atoms with Crippen LogP contribution in [0.3, 0.4) is 0 Å². The Morgan fingerprint density at radius 2 is 1.67 bits per heavy atom. The van der Waals surface area contributed by atoms with E-state index in [-0.39, 0.29) is 17.7 Å². The first-order chi connectivity index (χ1) is 8.66. The van der Waals surface area contributed by atoms with E-state index < -0.39 is 0 Å². The van der Waals surface area contributed by atoms with Crippen LogP contribution in [-0.2, 0) is 0 Å². The summed E-state index contributed by atoms with van der Waals surface area (Å²) in [7, 11) is 0. The second-order valence-electron chi connectivity index (χ2n) is 4.15. The summed E-state index contributed by atoms with van der Waals surface area (Å²) in [6.45, 7) is 1.94. The minimum Gasteiger partial charge on any atom is -0.508 e. The van der Waals surface area contributed by atoms with Gasteiger partial charge in [0.2, 0.25) is 0 Å². The summed E-state index contributed by atoms with van der Waals surface area (Å²) in [5.74, 6) is 0.00834. The average molecular weight is 241 g/mol. The molecule has 3 heteroatoms. The summed E-state index contributed by atoms with van der Waals surface area (Å²) < 4.78 is 0. The van der Waals surface area contributed by atoms with Crippen molar-refractivity contribution in [2.75, 3.05) is 0 Å². The van der Waals surface area contributed by atoms with Crippen molar-refractivity contribution in [3.63, 3.8) is 0 Å². The van der Waals surface area contributed by atoms with Gasteiger partial charge in [-0.3, -0.25) is 4.79 Å². The normalized spacial score (nSPS) is 11.8. The van der Waals surface area contributed by atoms with Gasteiger partial charge in [-0.1, -0.05) is 30.3 Å². The fourth-order valence-corrected chi connectivity index (χ4v) is 1.72. The fourth-order valence-electron chi connectivity index (χ4n) is 1.72. The van der Waals surface area contributed by atoms with Crippen LogP contribution in [0.1, 0.15) is 28.9 Å². The van der Waals surface area contributed by atoms with Crippen molar-refractivity contribution in [2.45, 2.75) is 13.0 Å². The van der Waals surface area contributed by atoms with Crippen molar-refractivity contribution in [1.82, 2.24) is 5.32 Å². The number of aromatic hydroxyl groups is 1. The molecule has 1 amide bonds. The molecule has 0 heterocycles. The second kappa shape index (κ2) is 5.36. The van der Waals surface area contributed by atoms with E-state index in [0.717, 1.165) is 5.56 Å². The van der Waals surface area contributed by atoms with Gasteiger partial charge in [-0.25, -0.2) is 0 Å². The first-order valence-corrected chi connectivity index (χ1v) is 5.81. The number of benzene rings is 2. The Bertz CT molecular complexity index is 520. The first-order valence-electron chi connectivity index (χ1n) is 5.81. The number of hydrogen-bond acceptors (Lipinski definition) is 2. The number of carbonyl (C=O) groups excluding carboxylic acids is 1. The van der Waals surface area contributed by atoms with Gasteiger partial charge in [0.05, 0.1) is 6.04 Å². The lowest BCUT2D eigenvalue weighted by molar-refractivity contribution is 0.0940. The van der Waals surface area contributed by atoms with Crippen LogP contribution >= 0.6 is 0 Å². The molecule has 92 valence electrons. The molecule has 0 saturated carbocycles. The summed E-state index contributed by atoms with van der Waals surface area (Å²) in [5, 5.41) is 12.1. The van der Waals surface area contributed by atoms with Gasteiger partial charge in [0.25, 0.3) is 5.91 Å². The summed E-state index contributed by atoms with van der Waals surface area (Å²) >= 11 is 0. The molecule has 0 aromatic heterocycles. The zero-order valence-electron chi connectivity index (χ0n) is 10.1. The van der Waals surface area contributed by atoms with Crippen LogP contribution in [0.25, 0.3) is 0 Å². The zero-order chi connectivity index (χ0) is 13.0. The van der Waals surface area contributed by atoms with Gasteiger partial charge in [-0.15, -0.1) is 0 Å². The Kier molecular flexibility index (Phi) is 3.63. The van der Waals surface area contributed by atoms with Crippen molar-refractivity contribution in [2.24, 2.45) is 0 Å². The van der Waals surface area contributed by atoms with Gasteiger partial charge < -0.3 is 10.4 Å². The van der Waals surface area contributed by atoms with E-state index in [9.17, 15) is 4.79 Å². The van der Waals surface area contributed by atoms with E-state index in [1.807, 2.05) is 37.3 Å². The van der Waals surface area contributed by atoms with E-state index in [0.29, 0.717) is 5.56 Å². The van der Waals surface area contributed by atoms with Crippen LogP contribution in [0.4, 0.5) is 0 Å². The number of carbonyl (C=O) groups is 1. The summed E-state index contributed by atoms with van der Waals surface area (Å²) in [6, 6.07) is 15.9. The lowest BCUT2D eigenvalue weighted by atomic mass is 10.1. The largest absolute Gasteiger partial charge is 0.508 e. The minimum atomic E-state index is -0.147. The molecule has 0 fully saturated rings. The molecule has 0 aliphatic rings. The smallest absolute Gasteiger partial charge is 0.251 e. The highest BCUT2D eigenvalue weighted by Crippen LogP contribution is 2.14. The van der Waals surface area contributed by atoms with E-state index in [1.54, 1.807) is 12.1 Å². The van der Waals surface area contributed by atoms with Crippen LogP contribution in [0.2, 0.25) is 0 Å². The molecule has 2 rings (SSSR count). The molecule has 0 radical (unpaired) electrons. The van der Waals surface area contributed by atoms with Gasteiger partial charge in [0.1, 0.15) is 5.75 Å². The highest BCUT2D eigenvalue weighted by Gasteiger charge is 2.10. The molecule has 0 aliphatic heterocycles. The summed E-state index contributed by atoms with van der Waals surface area (Å²) in [6.07, 6.45) is 0. The third kappa shape index (κ3) is 2.88. The standard InChI is InChI=1S/C15H15NO2/c1-11(12-5-3-2-4-6-12)16-15(18)13-7-9-14(17)10-8-13/h2-11,17H,1H3,(H,16,18)/t11-/m0/s1. The van der Waals surface area contributed by atoms with Crippen LogP contribution in [0.5, 0.6) is 5.75 Å². The van der Waals surface area contributed by atoms with Gasteiger partial charge in [0, 0.05) is 5.56 Å². The first kappa shape index (κ1) is 12.2. The minimum absolute atomic E-state index is 0.0486. The fraction of sp³-hybridized carbons (Fsp3) is 0.133. The van der Waals surface area contributed by atoms with Gasteiger partial charge in [0.15, 0.2) is 0 Å². The van der Waals surface area contributed by atoms with Crippen molar-refractivity contribution >= 4 is 5.91 Å². The maximum Gasteiger partial charge on any atom is 0.251 e. The SMILES string of the molecule is C[C@H](NC(=O)c1ccc(O)cc1)c1ccccc1. The molecule has 0 saturated heterocycles. The monoisotopic (exact) mass is 241 g/mol. The molecular weight excluding hydrogens is 226 g/mol. The molecule has 0 bridgehead atoms. The van der Waals surface area contributed by atoms with Crippen molar-refractivity contribution in [3.05, 3.63) is 65.7 Å². The summed E-state index contributed by atoms with van der Waals surface area (Å²) in [4.78, 5) is 11.9. The quantitative estimate of drug-likeness (QED) is 0.868. The highest BCUT2D eigenvalue weighted by atomic mass is 16.3. The molecule has 3 nitrogen and oxygen atoms in total. The van der Waals surface area contributed by atoms with Crippen LogP contribution < -0.4 is 5.32 Å². The zero-order valence-corrected chi connectivity index (χ0v) is 10.1. The maximum absolute atomic E-state index is 11.9. The number of hydrogen-bond donors (Lipinski definition) is 2. The van der Waals surface area contributed by atoms with Gasteiger partial charge >= 0.3 is 0 Å². The Morgan fingerprint density at radius 3 is 2.28 bits per heavy atom. The molecule has 2 N–H and O–H groups in total. The Labute approximate surface area is 106 Å². The van der Waals surface area contributed by atoms with Crippen LogP contribution in [0, 0.1) is 0 Å². The van der Waals surface area contributed by atoms with Crippen LogP contribution in [0.15, 0.2) is 54.6 Å². The van der Waals surface area contributed by atoms with E-state index in [4.69, 9.17) is 5.11 Å². The molecule has 0 aliphatic carbocycles. The number of phenolic OH excluding ortho intramolecular Hbond substituents is 1. The summed E-state index contributed by atoms with van der Waals surface area (Å²) in [5.41, 5.74) is 1.60. The molecule has 2 aromatic carbocycles. The topological polar surface area (TPSA) is 49.3 Å². The van der Waals surface area contributed by atoms with Gasteiger partial charge in [-0.05, 0) is 36.8 Å². The molecule has 18 heavy (non-hydrogen) atoms. The molecule has 0 unspecified atom stereocenters. The van der Waals surface area contributed by atoms with Crippen molar-refractivity contribution in [1.29, 1.82) is 0 Å². The third-order valence-corrected chi connectivity index (χ3v) is 2.78. The predicted molar refractivity (Wildman–Crippen MR) is 70.4 cm³/mol. The van der Waals surface area contributed by atoms with E-state index in [2.05, 4.69) is 5.32 Å². The maximum atomic E-state index is 11.9. The molecule has 0 spiro atoms. The number of amides is 1. The van der Waals surface area contributed by atoms with Crippen molar-refractivity contribution < 1.29 is 9.90 Å². The molecule has 1 atom stereocenters. The number of phenols is 1. The van der Waals surface area contributed by atoms with Gasteiger partial charge in [-0.2, -0.15) is 0 Å². The predicted octanol–water partition coefficient (Wildman–Crippen LogP) is 2.88. The molecule has 2 aromatic rings. The Hall–Kier alpha value is -2.29. The van der Waals surface area contributed by atoms with E-state index >= 15 is 0 Å². The Morgan fingerprint density at radius 1 is 1.06 bits per heavy atom. The lowest BCUT2D eigenvalue weighted by Gasteiger charge is -2.14. The number of rotatable bonds is 3. The number of nitrogens with one attached hydrogen (secondary N) is 1. The Balaban J connectivity index is 2.06. The van der Waals surface area contributed by atoms with Crippen molar-refractivity contribution in [3.8, 4) is 5.75 Å². The highest BCUT2D eigenvalue weighted by molar-refractivity contribution is 5.94. The molecular formula is C15H15NO2.